The number of aryl methyl sites for hydroxylation is 1. The Morgan fingerprint density at radius 1 is 1.42 bits per heavy atom. The highest BCUT2D eigenvalue weighted by atomic mass is 16.5. The van der Waals surface area contributed by atoms with Crippen LogP contribution in [0.2, 0.25) is 0 Å². The van der Waals surface area contributed by atoms with Gasteiger partial charge in [0.25, 0.3) is 0 Å². The van der Waals surface area contributed by atoms with Gasteiger partial charge in [-0.2, -0.15) is 5.10 Å². The highest BCUT2D eigenvalue weighted by Gasteiger charge is 2.56. The Kier molecular flexibility index (Phi) is 3.33. The Bertz CT molecular complexity index is 460. The van der Waals surface area contributed by atoms with Crippen molar-refractivity contribution in [1.82, 2.24) is 9.78 Å². The van der Waals surface area contributed by atoms with Crippen LogP contribution in [0.15, 0.2) is 12.4 Å². The van der Waals surface area contributed by atoms with Crippen LogP contribution in [0, 0.1) is 5.41 Å². The molecule has 1 aromatic rings. The third-order valence-corrected chi connectivity index (χ3v) is 4.63. The van der Waals surface area contributed by atoms with Crippen LogP contribution < -0.4 is 4.74 Å². The lowest BCUT2D eigenvalue weighted by atomic mass is 9.57. The first-order valence-electron chi connectivity index (χ1n) is 7.47. The molecule has 104 valence electrons. The van der Waals surface area contributed by atoms with Gasteiger partial charge >= 0.3 is 0 Å². The molecule has 1 spiro atoms. The molecule has 0 amide bonds. The van der Waals surface area contributed by atoms with Crippen molar-refractivity contribution < 1.29 is 9.53 Å². The number of Topliss-reactive ketones (excluding diaryl/α,β-unsaturated/α-hetero) is 1. The molecule has 1 atom stereocenters. The summed E-state index contributed by atoms with van der Waals surface area (Å²) in [6, 6.07) is 0. The van der Waals surface area contributed by atoms with Gasteiger partial charge in [0.15, 0.2) is 5.75 Å². The molecule has 0 radical (unpaired) electrons. The number of nitrogens with zero attached hydrogens (tertiary/aromatic N) is 2. The van der Waals surface area contributed by atoms with Crippen LogP contribution in [0.25, 0.3) is 0 Å². The Hall–Kier alpha value is -1.32. The molecule has 0 saturated heterocycles. The first-order valence-corrected chi connectivity index (χ1v) is 7.47. The van der Waals surface area contributed by atoms with Gasteiger partial charge in [0.1, 0.15) is 11.9 Å². The molecule has 2 aliphatic rings. The van der Waals surface area contributed by atoms with E-state index >= 15 is 0 Å². The first-order chi connectivity index (χ1) is 9.24. The molecule has 19 heavy (non-hydrogen) atoms. The van der Waals surface area contributed by atoms with Gasteiger partial charge in [-0.3, -0.25) is 9.48 Å². The van der Waals surface area contributed by atoms with Gasteiger partial charge in [-0.1, -0.05) is 26.2 Å². The zero-order chi connectivity index (χ0) is 13.3. The van der Waals surface area contributed by atoms with Crippen molar-refractivity contribution in [3.8, 4) is 5.75 Å². The minimum absolute atomic E-state index is 0.0829. The molecular formula is C15H22N2O2. The Labute approximate surface area is 114 Å². The molecule has 0 bridgehead atoms. The number of hydrogen-bond acceptors (Lipinski definition) is 3. The second kappa shape index (κ2) is 4.99. The van der Waals surface area contributed by atoms with E-state index in [1.165, 1.54) is 19.3 Å². The van der Waals surface area contributed by atoms with E-state index in [1.54, 1.807) is 6.20 Å². The van der Waals surface area contributed by atoms with Gasteiger partial charge in [0.05, 0.1) is 17.8 Å². The number of ketones is 1. The molecular weight excluding hydrogens is 240 g/mol. The van der Waals surface area contributed by atoms with E-state index in [1.807, 2.05) is 10.9 Å². The Balaban J connectivity index is 1.67. The van der Waals surface area contributed by atoms with E-state index in [9.17, 15) is 4.79 Å². The minimum Gasteiger partial charge on any atom is -0.486 e. The zero-order valence-electron chi connectivity index (χ0n) is 11.6. The molecule has 0 aliphatic heterocycles. The second-order valence-corrected chi connectivity index (χ2v) is 5.89. The topological polar surface area (TPSA) is 44.1 Å². The van der Waals surface area contributed by atoms with Gasteiger partial charge in [0, 0.05) is 13.0 Å². The Morgan fingerprint density at radius 3 is 2.89 bits per heavy atom. The summed E-state index contributed by atoms with van der Waals surface area (Å²) in [5.74, 6) is 1.23. The van der Waals surface area contributed by atoms with Crippen LogP contribution in [-0.2, 0) is 11.3 Å². The predicted molar refractivity (Wildman–Crippen MR) is 72.1 cm³/mol. The molecule has 2 fully saturated rings. The van der Waals surface area contributed by atoms with E-state index in [4.69, 9.17) is 4.74 Å². The van der Waals surface area contributed by atoms with Crippen molar-refractivity contribution in [1.29, 1.82) is 0 Å². The highest BCUT2D eigenvalue weighted by molar-refractivity contribution is 5.92. The largest absolute Gasteiger partial charge is 0.486 e. The number of carbonyl (C=O) groups is 1. The summed E-state index contributed by atoms with van der Waals surface area (Å²) in [5, 5.41) is 4.28. The van der Waals surface area contributed by atoms with Gasteiger partial charge in [0.2, 0.25) is 0 Å². The smallest absolute Gasteiger partial charge is 0.157 e. The van der Waals surface area contributed by atoms with E-state index in [2.05, 4.69) is 12.0 Å². The minimum atomic E-state index is -0.162. The van der Waals surface area contributed by atoms with Gasteiger partial charge in [-0.05, 0) is 19.3 Å². The summed E-state index contributed by atoms with van der Waals surface area (Å²) in [6.45, 7) is 3.04. The molecule has 4 heteroatoms. The number of ether oxygens (including phenoxy) is 1. The maximum absolute atomic E-state index is 12.0. The number of hydrogen-bond donors (Lipinski definition) is 0. The summed E-state index contributed by atoms with van der Waals surface area (Å²) < 4.78 is 7.94. The lowest BCUT2D eigenvalue weighted by Gasteiger charge is -2.49. The standard InChI is InChI=1S/C15H22N2O2/c1-2-8-17-11-12(10-16-17)19-14-9-13(18)15(14)6-4-3-5-7-15/h10-11,14H,2-9H2,1H3. The number of carbonyl (C=O) groups excluding carboxylic acids is 1. The molecule has 1 aromatic heterocycles. The van der Waals surface area contributed by atoms with Crippen LogP contribution in [0.4, 0.5) is 0 Å². The van der Waals surface area contributed by atoms with Crippen molar-refractivity contribution in [2.45, 2.75) is 64.5 Å². The monoisotopic (exact) mass is 262 g/mol. The van der Waals surface area contributed by atoms with Crippen LogP contribution >= 0.6 is 0 Å². The lowest BCUT2D eigenvalue weighted by Crippen LogP contribution is -2.57. The normalized spacial score (nSPS) is 25.3. The van der Waals surface area contributed by atoms with E-state index in [-0.39, 0.29) is 11.5 Å². The number of rotatable bonds is 4. The summed E-state index contributed by atoms with van der Waals surface area (Å²) in [4.78, 5) is 12.0. The molecule has 3 rings (SSSR count). The van der Waals surface area contributed by atoms with Crippen molar-refractivity contribution in [3.05, 3.63) is 12.4 Å². The van der Waals surface area contributed by atoms with E-state index in [0.717, 1.165) is 31.6 Å². The van der Waals surface area contributed by atoms with Crippen molar-refractivity contribution in [2.75, 3.05) is 0 Å². The fraction of sp³-hybridized carbons (Fsp3) is 0.733. The average molecular weight is 262 g/mol. The average Bonchev–Trinajstić information content (AvgIpc) is 2.87. The maximum atomic E-state index is 12.0. The molecule has 1 heterocycles. The predicted octanol–water partition coefficient (Wildman–Crippen LogP) is 2.96. The van der Waals surface area contributed by atoms with Gasteiger partial charge < -0.3 is 4.74 Å². The molecule has 2 saturated carbocycles. The van der Waals surface area contributed by atoms with Crippen LogP contribution in [0.5, 0.6) is 5.75 Å². The highest BCUT2D eigenvalue weighted by Crippen LogP contribution is 2.50. The SMILES string of the molecule is CCCn1cc(OC2CC(=O)C23CCCCC3)cn1. The van der Waals surface area contributed by atoms with Crippen LogP contribution in [-0.4, -0.2) is 21.7 Å². The maximum Gasteiger partial charge on any atom is 0.157 e. The molecule has 1 unspecified atom stereocenters. The summed E-state index contributed by atoms with van der Waals surface area (Å²) in [7, 11) is 0. The van der Waals surface area contributed by atoms with Gasteiger partial charge in [-0.15, -0.1) is 0 Å². The zero-order valence-corrected chi connectivity index (χ0v) is 11.6. The fourth-order valence-electron chi connectivity index (χ4n) is 3.47. The fourth-order valence-corrected chi connectivity index (χ4v) is 3.47. The first kappa shape index (κ1) is 12.7. The van der Waals surface area contributed by atoms with Crippen molar-refractivity contribution in [3.63, 3.8) is 0 Å². The molecule has 0 N–H and O–H groups in total. The molecule has 2 aliphatic carbocycles. The Morgan fingerprint density at radius 2 is 2.21 bits per heavy atom. The summed E-state index contributed by atoms with van der Waals surface area (Å²) in [6.07, 6.45) is 11.1. The third kappa shape index (κ3) is 2.17. The van der Waals surface area contributed by atoms with E-state index < -0.39 is 0 Å². The van der Waals surface area contributed by atoms with Crippen LogP contribution in [0.1, 0.15) is 51.9 Å². The third-order valence-electron chi connectivity index (χ3n) is 4.63. The van der Waals surface area contributed by atoms with Crippen molar-refractivity contribution in [2.24, 2.45) is 5.41 Å². The molecule has 4 nitrogen and oxygen atoms in total. The quantitative estimate of drug-likeness (QED) is 0.838. The van der Waals surface area contributed by atoms with E-state index in [0.29, 0.717) is 12.2 Å². The number of aromatic nitrogens is 2. The van der Waals surface area contributed by atoms with Gasteiger partial charge in [-0.25, -0.2) is 0 Å². The van der Waals surface area contributed by atoms with Crippen molar-refractivity contribution >= 4 is 5.78 Å². The summed E-state index contributed by atoms with van der Waals surface area (Å²) in [5.41, 5.74) is -0.162. The molecule has 0 aromatic carbocycles. The van der Waals surface area contributed by atoms with Crippen LogP contribution in [0.3, 0.4) is 0 Å². The lowest BCUT2D eigenvalue weighted by molar-refractivity contribution is -0.156. The second-order valence-electron chi connectivity index (χ2n) is 5.89. The summed E-state index contributed by atoms with van der Waals surface area (Å²) >= 11 is 0.